The summed E-state index contributed by atoms with van der Waals surface area (Å²) in [6, 6.07) is 1.68. The van der Waals surface area contributed by atoms with E-state index < -0.39 is 11.6 Å². The maximum absolute atomic E-state index is 13.7. The van der Waals surface area contributed by atoms with Gasteiger partial charge in [-0.3, -0.25) is 0 Å². The van der Waals surface area contributed by atoms with Crippen LogP contribution in [0.4, 0.5) is 14.8 Å². The van der Waals surface area contributed by atoms with Gasteiger partial charge in [0.25, 0.3) is 6.01 Å². The summed E-state index contributed by atoms with van der Waals surface area (Å²) in [5.41, 5.74) is 0.160. The summed E-state index contributed by atoms with van der Waals surface area (Å²) in [6.45, 7) is 4.29. The van der Waals surface area contributed by atoms with Crippen molar-refractivity contribution < 1.29 is 13.2 Å². The van der Waals surface area contributed by atoms with Gasteiger partial charge in [-0.15, -0.1) is 0 Å². The van der Waals surface area contributed by atoms with Crippen molar-refractivity contribution >= 4 is 33.0 Å². The molecular weight excluding hydrogens is 320 g/mol. The first-order chi connectivity index (χ1) is 9.06. The molecule has 2 aromatic rings. The van der Waals surface area contributed by atoms with Crippen LogP contribution in [0.25, 0.3) is 11.1 Å². The van der Waals surface area contributed by atoms with Crippen LogP contribution >= 0.6 is 15.9 Å². The fourth-order valence-electron chi connectivity index (χ4n) is 2.21. The summed E-state index contributed by atoms with van der Waals surface area (Å²) >= 11 is 3.16. The minimum Gasteiger partial charge on any atom is -0.422 e. The van der Waals surface area contributed by atoms with E-state index >= 15 is 0 Å². The Morgan fingerprint density at radius 3 is 3.05 bits per heavy atom. The average Bonchev–Trinajstić information content (AvgIpc) is 2.82. The van der Waals surface area contributed by atoms with E-state index in [1.807, 2.05) is 11.8 Å². The van der Waals surface area contributed by atoms with Gasteiger partial charge < -0.3 is 14.6 Å². The fourth-order valence-corrected chi connectivity index (χ4v) is 2.68. The van der Waals surface area contributed by atoms with E-state index in [1.54, 1.807) is 0 Å². The molecule has 0 bridgehead atoms. The summed E-state index contributed by atoms with van der Waals surface area (Å²) in [4.78, 5) is 6.00. The molecule has 2 heterocycles. The van der Waals surface area contributed by atoms with Crippen molar-refractivity contribution in [3.05, 3.63) is 22.2 Å². The maximum Gasteiger partial charge on any atom is 0.298 e. The number of hydrogen-bond donors (Lipinski definition) is 1. The van der Waals surface area contributed by atoms with Crippen LogP contribution in [0, 0.1) is 11.6 Å². The standard InChI is InChI=1S/C12H12BrF2N3O/c1-6-5-18(3-2-16-6)12-17-10-9(15)8(14)4-7(13)11(10)19-12/h4,6,16H,2-3,5H2,1H3. The van der Waals surface area contributed by atoms with Gasteiger partial charge in [0.15, 0.2) is 22.7 Å². The van der Waals surface area contributed by atoms with Gasteiger partial charge in [0.2, 0.25) is 0 Å². The highest BCUT2D eigenvalue weighted by molar-refractivity contribution is 9.10. The lowest BCUT2D eigenvalue weighted by atomic mass is 10.2. The van der Waals surface area contributed by atoms with Crippen molar-refractivity contribution in [2.45, 2.75) is 13.0 Å². The van der Waals surface area contributed by atoms with E-state index in [9.17, 15) is 8.78 Å². The number of aromatic nitrogens is 1. The second-order valence-electron chi connectivity index (χ2n) is 4.63. The molecule has 4 nitrogen and oxygen atoms in total. The Bertz CT molecular complexity index is 631. The number of nitrogens with zero attached hydrogens (tertiary/aromatic N) is 2. The Kier molecular flexibility index (Phi) is 3.18. The van der Waals surface area contributed by atoms with Crippen LogP contribution in [0.15, 0.2) is 15.0 Å². The third kappa shape index (κ3) is 2.21. The third-order valence-corrected chi connectivity index (χ3v) is 3.73. The van der Waals surface area contributed by atoms with E-state index in [0.717, 1.165) is 19.2 Å². The number of fused-ring (bicyclic) bond motifs is 1. The maximum atomic E-state index is 13.7. The molecule has 0 radical (unpaired) electrons. The molecule has 0 spiro atoms. The molecule has 1 aliphatic rings. The predicted octanol–water partition coefficient (Wildman–Crippen LogP) is 2.67. The molecule has 102 valence electrons. The second kappa shape index (κ2) is 4.72. The van der Waals surface area contributed by atoms with Crippen molar-refractivity contribution in [1.29, 1.82) is 0 Å². The number of piperazine rings is 1. The SMILES string of the molecule is CC1CN(c2nc3c(F)c(F)cc(Br)c3o2)CCN1. The average molecular weight is 332 g/mol. The molecule has 1 aromatic carbocycles. The van der Waals surface area contributed by atoms with Gasteiger partial charge in [-0.2, -0.15) is 4.98 Å². The zero-order chi connectivity index (χ0) is 13.6. The monoisotopic (exact) mass is 331 g/mol. The van der Waals surface area contributed by atoms with Crippen LogP contribution in [0.1, 0.15) is 6.92 Å². The number of halogens is 3. The summed E-state index contributed by atoms with van der Waals surface area (Å²) in [5.74, 6) is -1.91. The minimum absolute atomic E-state index is 0.0759. The lowest BCUT2D eigenvalue weighted by Crippen LogP contribution is -2.49. The number of nitrogens with one attached hydrogen (secondary N) is 1. The zero-order valence-corrected chi connectivity index (χ0v) is 11.8. The molecule has 7 heteroatoms. The van der Waals surface area contributed by atoms with Gasteiger partial charge >= 0.3 is 0 Å². The molecule has 19 heavy (non-hydrogen) atoms. The molecule has 1 fully saturated rings. The van der Waals surface area contributed by atoms with E-state index in [-0.39, 0.29) is 11.1 Å². The molecule has 0 amide bonds. The van der Waals surface area contributed by atoms with E-state index in [0.29, 0.717) is 23.1 Å². The topological polar surface area (TPSA) is 41.3 Å². The van der Waals surface area contributed by atoms with Gasteiger partial charge in [-0.1, -0.05) is 0 Å². The first kappa shape index (κ1) is 12.8. The van der Waals surface area contributed by atoms with Gasteiger partial charge in [-0.25, -0.2) is 8.78 Å². The summed E-state index contributed by atoms with van der Waals surface area (Å²) in [7, 11) is 0. The summed E-state index contributed by atoms with van der Waals surface area (Å²) < 4.78 is 32.9. The highest BCUT2D eigenvalue weighted by atomic mass is 79.9. The lowest BCUT2D eigenvalue weighted by Gasteiger charge is -2.30. The van der Waals surface area contributed by atoms with Crippen LogP contribution in [0.2, 0.25) is 0 Å². The van der Waals surface area contributed by atoms with Crippen LogP contribution < -0.4 is 10.2 Å². The lowest BCUT2D eigenvalue weighted by molar-refractivity contribution is 0.453. The van der Waals surface area contributed by atoms with Crippen molar-refractivity contribution in [1.82, 2.24) is 10.3 Å². The molecule has 1 N–H and O–H groups in total. The smallest absolute Gasteiger partial charge is 0.298 e. The Morgan fingerprint density at radius 1 is 1.53 bits per heavy atom. The molecule has 0 aliphatic carbocycles. The zero-order valence-electron chi connectivity index (χ0n) is 10.2. The van der Waals surface area contributed by atoms with E-state index in [4.69, 9.17) is 4.42 Å². The first-order valence-electron chi connectivity index (χ1n) is 5.98. The number of anilines is 1. The second-order valence-corrected chi connectivity index (χ2v) is 5.48. The van der Waals surface area contributed by atoms with Gasteiger partial charge in [0.05, 0.1) is 4.47 Å². The largest absolute Gasteiger partial charge is 0.422 e. The quantitative estimate of drug-likeness (QED) is 0.816. The fraction of sp³-hybridized carbons (Fsp3) is 0.417. The van der Waals surface area contributed by atoms with Crippen molar-refractivity contribution in [3.8, 4) is 0 Å². The van der Waals surface area contributed by atoms with Crippen LogP contribution in [-0.2, 0) is 0 Å². The molecule has 1 unspecified atom stereocenters. The Labute approximate surface area is 116 Å². The van der Waals surface area contributed by atoms with Crippen LogP contribution in [-0.4, -0.2) is 30.7 Å². The predicted molar refractivity (Wildman–Crippen MR) is 71.3 cm³/mol. The summed E-state index contributed by atoms with van der Waals surface area (Å²) in [5, 5.41) is 3.29. The van der Waals surface area contributed by atoms with Gasteiger partial charge in [-0.05, 0) is 28.9 Å². The summed E-state index contributed by atoms with van der Waals surface area (Å²) in [6.07, 6.45) is 0. The highest BCUT2D eigenvalue weighted by Gasteiger charge is 2.23. The molecule has 0 saturated carbocycles. The van der Waals surface area contributed by atoms with Crippen LogP contribution in [0.5, 0.6) is 0 Å². The highest BCUT2D eigenvalue weighted by Crippen LogP contribution is 2.32. The number of oxazole rings is 1. The molecule has 1 aliphatic heterocycles. The number of benzene rings is 1. The van der Waals surface area contributed by atoms with Crippen molar-refractivity contribution in [2.75, 3.05) is 24.5 Å². The molecule has 1 atom stereocenters. The Balaban J connectivity index is 2.06. The minimum atomic E-state index is -0.976. The Morgan fingerprint density at radius 2 is 2.32 bits per heavy atom. The van der Waals surface area contributed by atoms with Crippen molar-refractivity contribution in [3.63, 3.8) is 0 Å². The van der Waals surface area contributed by atoms with Gasteiger partial charge in [0.1, 0.15) is 0 Å². The van der Waals surface area contributed by atoms with Gasteiger partial charge in [0, 0.05) is 25.7 Å². The molecule has 3 rings (SSSR count). The van der Waals surface area contributed by atoms with Crippen molar-refractivity contribution in [2.24, 2.45) is 0 Å². The third-order valence-electron chi connectivity index (χ3n) is 3.14. The normalized spacial score (nSPS) is 20.2. The number of rotatable bonds is 1. The molecule has 1 aromatic heterocycles. The molecular formula is C12H12BrF2N3O. The Hall–Kier alpha value is -1.21. The number of hydrogen-bond acceptors (Lipinski definition) is 4. The van der Waals surface area contributed by atoms with E-state index in [2.05, 4.69) is 26.2 Å². The van der Waals surface area contributed by atoms with E-state index in [1.165, 1.54) is 0 Å². The molecule has 1 saturated heterocycles. The first-order valence-corrected chi connectivity index (χ1v) is 6.78. The van der Waals surface area contributed by atoms with Crippen LogP contribution in [0.3, 0.4) is 0 Å².